The van der Waals surface area contributed by atoms with Crippen molar-refractivity contribution in [2.45, 2.75) is 33.3 Å². The number of quaternary nitrogens is 1. The van der Waals surface area contributed by atoms with E-state index in [1.165, 1.54) is 25.3 Å². The average molecular weight is 593 g/mol. The molecule has 3 aliphatic rings. The molecule has 2 aliphatic heterocycles. The van der Waals surface area contributed by atoms with E-state index >= 15 is 0 Å². The van der Waals surface area contributed by atoms with E-state index in [2.05, 4.69) is 14.8 Å². The van der Waals surface area contributed by atoms with Gasteiger partial charge < -0.3 is 9.63 Å². The number of hydrogen-bond acceptors (Lipinski definition) is 9. The minimum absolute atomic E-state index is 0.00982. The summed E-state index contributed by atoms with van der Waals surface area (Å²) in [5.74, 6) is -0.394. The van der Waals surface area contributed by atoms with Crippen LogP contribution in [0.2, 0.25) is 0 Å². The highest BCUT2D eigenvalue weighted by Gasteiger charge is 2.50. The van der Waals surface area contributed by atoms with Gasteiger partial charge in [0.05, 0.1) is 17.2 Å². The van der Waals surface area contributed by atoms with Crippen molar-refractivity contribution in [3.63, 3.8) is 0 Å². The highest BCUT2D eigenvalue weighted by atomic mass is 32.2. The van der Waals surface area contributed by atoms with Crippen LogP contribution in [0.5, 0.6) is 0 Å². The molecule has 1 amide bonds. The summed E-state index contributed by atoms with van der Waals surface area (Å²) in [6, 6.07) is 4.44. The van der Waals surface area contributed by atoms with Crippen LogP contribution in [0, 0.1) is 5.41 Å². The molecule has 14 heteroatoms. The highest BCUT2D eigenvalue weighted by Crippen LogP contribution is 2.52. The molecular formula is C25H31N5O6PS2+. The van der Waals surface area contributed by atoms with Gasteiger partial charge in [0, 0.05) is 35.7 Å². The zero-order valence-corrected chi connectivity index (χ0v) is 24.7. The van der Waals surface area contributed by atoms with Crippen LogP contribution in [0.15, 0.2) is 64.0 Å². The Bertz CT molecular complexity index is 1550. The lowest BCUT2D eigenvalue weighted by molar-refractivity contribution is -0.769. The molecule has 1 aromatic carbocycles. The number of nitrogens with one attached hydrogen (secondary N) is 2. The molecule has 11 nitrogen and oxygen atoms in total. The second-order valence-corrected chi connectivity index (χ2v) is 14.9. The maximum absolute atomic E-state index is 14.0. The third-order valence-electron chi connectivity index (χ3n) is 6.23. The molecule has 1 aliphatic carbocycles. The second kappa shape index (κ2) is 10.3. The number of guanidine groups is 1. The zero-order chi connectivity index (χ0) is 28.8. The third-order valence-corrected chi connectivity index (χ3v) is 9.12. The number of benzene rings is 1. The van der Waals surface area contributed by atoms with Gasteiger partial charge in [-0.2, -0.15) is 0 Å². The number of aliphatic hydroxyl groups excluding tert-OH is 1. The molecule has 208 valence electrons. The van der Waals surface area contributed by atoms with Crippen molar-refractivity contribution in [2.75, 3.05) is 29.9 Å². The first-order valence-electron chi connectivity index (χ1n) is 12.0. The van der Waals surface area contributed by atoms with Gasteiger partial charge in [-0.15, -0.1) is 4.76 Å². The Morgan fingerprint density at radius 1 is 1.26 bits per heavy atom. The molecule has 0 saturated carbocycles. The molecule has 0 fully saturated rings. The Hall–Kier alpha value is -2.80. The summed E-state index contributed by atoms with van der Waals surface area (Å²) in [4.78, 5) is 14.0. The fraction of sp³-hybridized carbons (Fsp3) is 0.360. The van der Waals surface area contributed by atoms with Gasteiger partial charge in [0.15, 0.2) is 0 Å². The number of anilines is 2. The van der Waals surface area contributed by atoms with Crippen molar-refractivity contribution in [2.24, 2.45) is 15.3 Å². The fourth-order valence-electron chi connectivity index (χ4n) is 4.12. The van der Waals surface area contributed by atoms with E-state index in [1.54, 1.807) is 30.4 Å². The normalized spacial score (nSPS) is 26.8. The highest BCUT2D eigenvalue weighted by molar-refractivity contribution is 7.92. The van der Waals surface area contributed by atoms with Crippen LogP contribution in [0.25, 0.3) is 0 Å². The number of sulfonamides is 1. The van der Waals surface area contributed by atoms with Gasteiger partial charge in [-0.1, -0.05) is 54.8 Å². The van der Waals surface area contributed by atoms with E-state index in [1.807, 2.05) is 20.8 Å². The number of aliphatic hydroxyl groups is 1. The Labute approximate surface area is 233 Å². The monoisotopic (exact) mass is 592 g/mol. The molecule has 0 radical (unpaired) electrons. The molecule has 2 heterocycles. The van der Waals surface area contributed by atoms with E-state index in [-0.39, 0.29) is 28.9 Å². The lowest BCUT2D eigenvalue weighted by atomic mass is 9.92. The number of thiocarbonyl (C=S) groups is 1. The summed E-state index contributed by atoms with van der Waals surface area (Å²) in [5, 5.41) is 18.1. The summed E-state index contributed by atoms with van der Waals surface area (Å²) in [5.41, 5.74) is 1.40. The van der Waals surface area contributed by atoms with Gasteiger partial charge in [-0.25, -0.2) is 13.2 Å². The van der Waals surface area contributed by atoms with Gasteiger partial charge in [0.2, 0.25) is 10.0 Å². The Kier molecular flexibility index (Phi) is 7.71. The van der Waals surface area contributed by atoms with Crippen LogP contribution in [0.4, 0.5) is 11.4 Å². The quantitative estimate of drug-likeness (QED) is 0.259. The van der Waals surface area contributed by atoms with Crippen molar-refractivity contribution >= 4 is 68.9 Å². The molecule has 3 unspecified atom stereocenters. The second-order valence-electron chi connectivity index (χ2n) is 10.6. The van der Waals surface area contributed by atoms with Gasteiger partial charge in [-0.05, 0) is 35.8 Å². The SMILES string of the molecule is COP1(=O)N=C([N+]2(CCC(C)(C)C)N=C(C3=CC(=S)C(O)C=C3)C=CC2=O)Nc2ccc(NS(C)(=O)=O)cc21. The first-order chi connectivity index (χ1) is 18.1. The summed E-state index contributed by atoms with van der Waals surface area (Å²) < 4.78 is 49.1. The molecule has 3 N–H and O–H groups in total. The van der Waals surface area contributed by atoms with Gasteiger partial charge in [-0.3, -0.25) is 14.6 Å². The van der Waals surface area contributed by atoms with E-state index in [0.717, 1.165) is 6.26 Å². The zero-order valence-electron chi connectivity index (χ0n) is 22.2. The molecule has 3 atom stereocenters. The average Bonchev–Trinajstić information content (AvgIpc) is 2.84. The predicted molar refractivity (Wildman–Crippen MR) is 157 cm³/mol. The lowest BCUT2D eigenvalue weighted by Gasteiger charge is -2.35. The summed E-state index contributed by atoms with van der Waals surface area (Å²) in [7, 11) is -6.30. The van der Waals surface area contributed by atoms with Crippen molar-refractivity contribution in [3.8, 4) is 0 Å². The van der Waals surface area contributed by atoms with Crippen LogP contribution in [0.1, 0.15) is 27.2 Å². The predicted octanol–water partition coefficient (Wildman–Crippen LogP) is 3.24. The van der Waals surface area contributed by atoms with E-state index in [4.69, 9.17) is 21.8 Å². The number of nitrogens with zero attached hydrogens (tertiary/aromatic N) is 3. The van der Waals surface area contributed by atoms with Gasteiger partial charge >= 0.3 is 19.4 Å². The topological polar surface area (TPSA) is 147 Å². The largest absolute Gasteiger partial charge is 0.383 e. The first-order valence-corrected chi connectivity index (χ1v) is 15.9. The number of allylic oxidation sites excluding steroid dienone is 3. The summed E-state index contributed by atoms with van der Waals surface area (Å²) in [6.45, 7) is 6.30. The molecule has 0 bridgehead atoms. The number of fused-ring (bicyclic) bond motifs is 1. The van der Waals surface area contributed by atoms with Crippen molar-refractivity contribution in [1.82, 2.24) is 0 Å². The number of hydrogen-bond donors (Lipinski definition) is 3. The minimum atomic E-state index is -3.96. The smallest absolute Gasteiger partial charge is 0.372 e. The molecular weight excluding hydrogens is 561 g/mol. The third kappa shape index (κ3) is 6.19. The molecule has 1 aromatic rings. The number of rotatable bonds is 6. The standard InChI is InChI=1S/C25H30N5O6PS2/c1-25(2,3)12-13-30(23(32)11-9-18(27-30)16-6-10-20(31)22(38)14-16)24-26-19-8-7-17(29-39(5,34)35)15-21(19)37(33,28-24)36-4/h6-11,14-15,20,31H,12-13H2,1-5H3,(H-,26,27,28,29,32,33,38)/p+1. The number of carbonyl (C=O) groups is 1. The van der Waals surface area contributed by atoms with Gasteiger partial charge in [0.1, 0.15) is 18.4 Å². The Morgan fingerprint density at radius 2 is 1.97 bits per heavy atom. The summed E-state index contributed by atoms with van der Waals surface area (Å²) in [6.07, 6.45) is 8.50. The minimum Gasteiger partial charge on any atom is -0.383 e. The molecule has 39 heavy (non-hydrogen) atoms. The molecule has 0 spiro atoms. The lowest BCUT2D eigenvalue weighted by Crippen LogP contribution is -2.58. The maximum Gasteiger partial charge on any atom is 0.372 e. The first kappa shape index (κ1) is 29.2. The van der Waals surface area contributed by atoms with Crippen LogP contribution in [0.3, 0.4) is 0 Å². The molecule has 4 rings (SSSR count). The fourth-order valence-corrected chi connectivity index (χ4v) is 6.45. The van der Waals surface area contributed by atoms with Crippen LogP contribution >= 0.6 is 19.7 Å². The van der Waals surface area contributed by atoms with E-state index in [0.29, 0.717) is 28.3 Å². The number of amides is 1. The van der Waals surface area contributed by atoms with E-state index < -0.39 is 34.1 Å². The Morgan fingerprint density at radius 3 is 2.59 bits per heavy atom. The maximum atomic E-state index is 14.0. The van der Waals surface area contributed by atoms with Crippen LogP contribution in [-0.4, -0.2) is 66.6 Å². The van der Waals surface area contributed by atoms with Crippen molar-refractivity contribution in [3.05, 3.63) is 54.2 Å². The van der Waals surface area contributed by atoms with Gasteiger partial charge in [0.25, 0.3) is 0 Å². The Balaban J connectivity index is 1.87. The van der Waals surface area contributed by atoms with Crippen LogP contribution in [-0.2, 0) is 23.9 Å². The van der Waals surface area contributed by atoms with Crippen molar-refractivity contribution < 1.29 is 32.0 Å². The summed E-state index contributed by atoms with van der Waals surface area (Å²) >= 11 is 5.25. The molecule has 0 saturated heterocycles. The van der Waals surface area contributed by atoms with Crippen molar-refractivity contribution in [1.29, 1.82) is 0 Å². The van der Waals surface area contributed by atoms with Crippen LogP contribution < -0.4 is 15.3 Å². The van der Waals surface area contributed by atoms with E-state index in [9.17, 15) is 22.9 Å². The number of carbonyl (C=O) groups excluding carboxylic acids is 1. The molecule has 0 aromatic heterocycles.